The third-order valence-electron chi connectivity index (χ3n) is 27.6. The lowest BCUT2D eigenvalue weighted by Crippen LogP contribution is -2.37. The zero-order valence-corrected chi connectivity index (χ0v) is 80.0. The molecule has 0 atom stereocenters. The second kappa shape index (κ2) is 36.8. The fourth-order valence-corrected chi connectivity index (χ4v) is 20.4. The van der Waals surface area contributed by atoms with Crippen LogP contribution in [0.3, 0.4) is 0 Å². The SMILES string of the molecule is Cc1cccc2cc(Cn3nc(-c4ccc5nc(N)oc5c4)c4c(N)ncnc43)n(-c3ccccc3)c(=O)c12.Cc1cccc2cc(Cn3nc(-c4ccc5oc(N)nc5c4)c4c(N)ncnc43)n(C3CCC3)c(=O)c12.Cc1cccc2cc(Cn3nc(-c4cn[nH]c4)c4c(N)ncnc43)n(C3CCN(C)CC3)c(=O)c12.Cc1ccccc1-n1c(Cn2nc(-c3cn[nH]c3)c3c(N)ncnc32)cc2cccc(C)c2c1=O. The number of anilines is 6. The standard InChI is InChI=1S/C29H22N8O2.C27H24N8O2.C26H22N8O.C25H27N9O/c1-16-6-5-7-17-12-20(37(28(38)23(16)17)19-8-3-2-4-9-19)14-36-27-24(26(30)32-15-33-27)25(35-36)18-10-11-21-22(13-18)39-29(31)34-21;1-14-4-2-5-15-10-18(35(17-6-3-7-17)26(36)21(14)15)12-34-25-22(24(28)30-13-31-25)23(33-34)16-8-9-20-19(11-16)32-27(29)37-20;1-15-6-3-4-9-20(15)34-19(10-17-8-5-7-16(2)21(17)26(34)35)13-33-25-22(24(27)28-14-29-25)23(32-33)18-11-30-31-12-18;1-15-4-3-5-16-10-19(34(25(35)20(15)16)18-6-8-32(2)9-7-18)13-33-24-21(23(26)27-14-28-24)22(31-33)17-11-29-30-12-17/h2-13,15H,14H2,1H3,(H2,31,34)(H2,30,32,33);2,4-5,8-11,13,17H,3,6-7,12H2,1H3,(H2,29,32)(H2,28,30,31);3-12,14H,13H2,1-2H3,(H,30,31)(H2,27,28,29);3-5,10-12,14,18H,6-9,13H2,1-2H3,(H,29,30)(H2,26,27,28). The Morgan fingerprint density at radius 1 is 0.349 bits per heavy atom. The Hall–Kier alpha value is -19.1. The molecule has 724 valence electrons. The van der Waals surface area contributed by atoms with Crippen LogP contribution in [-0.4, -0.2) is 153 Å². The van der Waals surface area contributed by atoms with E-state index in [9.17, 15) is 19.2 Å². The normalized spacial score (nSPS) is 13.1. The van der Waals surface area contributed by atoms with Crippen LogP contribution < -0.4 is 56.6 Å². The van der Waals surface area contributed by atoms with Crippen LogP contribution in [0.5, 0.6) is 0 Å². The number of nitrogens with two attached hydrogens (primary N) is 6. The van der Waals surface area contributed by atoms with Crippen molar-refractivity contribution >= 4 is 145 Å². The molecule has 1 saturated heterocycles. The number of aryl methyl sites for hydroxylation is 5. The van der Waals surface area contributed by atoms with Gasteiger partial charge in [0, 0.05) is 75.2 Å². The van der Waals surface area contributed by atoms with Crippen LogP contribution in [0.4, 0.5) is 35.3 Å². The first kappa shape index (κ1) is 90.7. The number of aromatic amines is 2. The predicted molar refractivity (Wildman–Crippen MR) is 563 cm³/mol. The highest BCUT2D eigenvalue weighted by atomic mass is 16.4. The smallest absolute Gasteiger partial charge is 0.292 e. The van der Waals surface area contributed by atoms with Crippen molar-refractivity contribution in [1.29, 1.82) is 0 Å². The summed E-state index contributed by atoms with van der Waals surface area (Å²) in [5.74, 6) is 1.33. The number of fused-ring (bicyclic) bond motifs is 10. The number of rotatable bonds is 16. The van der Waals surface area contributed by atoms with Gasteiger partial charge in [0.2, 0.25) is 0 Å². The molecule has 0 amide bonds. The summed E-state index contributed by atoms with van der Waals surface area (Å²) in [5, 5.41) is 42.4. The van der Waals surface area contributed by atoms with Gasteiger partial charge in [0.25, 0.3) is 34.3 Å². The van der Waals surface area contributed by atoms with Crippen LogP contribution in [0.1, 0.15) is 94.8 Å². The summed E-state index contributed by atoms with van der Waals surface area (Å²) in [6, 6.07) is 61.0. The molecule has 17 heterocycles. The third kappa shape index (κ3) is 16.2. The van der Waals surface area contributed by atoms with Gasteiger partial charge in [-0.25, -0.2) is 58.6 Å². The number of pyridine rings is 4. The molecule has 14 N–H and O–H groups in total. The van der Waals surface area contributed by atoms with Gasteiger partial charge in [0.05, 0.1) is 87.3 Å². The molecule has 39 nitrogen and oxygen atoms in total. The number of nitrogens with zero attached hydrogens (tertiary/aromatic N) is 25. The molecule has 16 aromatic heterocycles. The van der Waals surface area contributed by atoms with Gasteiger partial charge in [-0.15, -0.1) is 0 Å². The van der Waals surface area contributed by atoms with Gasteiger partial charge in [-0.1, -0.05) is 115 Å². The summed E-state index contributed by atoms with van der Waals surface area (Å²) < 4.78 is 25.6. The highest BCUT2D eigenvalue weighted by molar-refractivity contribution is 6.03. The molecular weight excluding hydrogens is 1840 g/mol. The van der Waals surface area contributed by atoms with Crippen molar-refractivity contribution in [2.75, 3.05) is 54.5 Å². The molecule has 39 heteroatoms. The van der Waals surface area contributed by atoms with Crippen molar-refractivity contribution in [2.24, 2.45) is 0 Å². The molecule has 0 radical (unpaired) electrons. The predicted octanol–water partition coefficient (Wildman–Crippen LogP) is 15.2. The van der Waals surface area contributed by atoms with E-state index in [4.69, 9.17) is 63.6 Å². The van der Waals surface area contributed by atoms with Gasteiger partial charge in [-0.2, -0.15) is 40.6 Å². The first-order valence-corrected chi connectivity index (χ1v) is 47.5. The van der Waals surface area contributed by atoms with E-state index in [1.807, 2.05) is 218 Å². The van der Waals surface area contributed by atoms with Crippen molar-refractivity contribution in [2.45, 2.75) is 105 Å². The number of hydrogen-bond donors (Lipinski definition) is 8. The second-order valence-corrected chi connectivity index (χ2v) is 36.9. The molecule has 1 aliphatic carbocycles. The second-order valence-electron chi connectivity index (χ2n) is 36.9. The van der Waals surface area contributed by atoms with Crippen molar-refractivity contribution in [3.63, 3.8) is 0 Å². The third-order valence-corrected chi connectivity index (χ3v) is 27.6. The first-order valence-electron chi connectivity index (χ1n) is 47.5. The number of benzene rings is 8. The maximum atomic E-state index is 13.9. The summed E-state index contributed by atoms with van der Waals surface area (Å²) in [6.07, 6.45) is 17.6. The fraction of sp³-hybridized carbons (Fsp3) is 0.178. The highest BCUT2D eigenvalue weighted by Gasteiger charge is 2.31. The summed E-state index contributed by atoms with van der Waals surface area (Å²) in [7, 11) is 2.13. The van der Waals surface area contributed by atoms with Crippen LogP contribution in [-0.2, 0) is 26.2 Å². The van der Waals surface area contributed by atoms with Gasteiger partial charge in [-0.3, -0.25) is 38.5 Å². The Morgan fingerprint density at radius 2 is 0.726 bits per heavy atom. The molecule has 0 bridgehead atoms. The Labute approximate surface area is 827 Å². The van der Waals surface area contributed by atoms with E-state index in [1.54, 1.807) is 54.0 Å². The van der Waals surface area contributed by atoms with Gasteiger partial charge < -0.3 is 57.3 Å². The lowest BCUT2D eigenvalue weighted by molar-refractivity contribution is 0.216. The summed E-state index contributed by atoms with van der Waals surface area (Å²) in [4.78, 5) is 101. The summed E-state index contributed by atoms with van der Waals surface area (Å²) in [6.45, 7) is 13.1. The number of nitrogen functional groups attached to an aromatic ring is 6. The van der Waals surface area contributed by atoms with Gasteiger partial charge in [0.15, 0.2) is 33.8 Å². The Bertz CT molecular complexity index is 9570. The molecule has 8 aromatic carbocycles. The zero-order valence-electron chi connectivity index (χ0n) is 80.0. The minimum absolute atomic E-state index is 0.0511. The van der Waals surface area contributed by atoms with Crippen LogP contribution in [0.2, 0.25) is 0 Å². The van der Waals surface area contributed by atoms with E-state index in [0.717, 1.165) is 162 Å². The van der Waals surface area contributed by atoms with Crippen molar-refractivity contribution in [1.82, 2.24) is 133 Å². The van der Waals surface area contributed by atoms with Crippen LogP contribution >= 0.6 is 0 Å². The number of H-pyrrole nitrogens is 2. The monoisotopic (exact) mass is 1940 g/mol. The summed E-state index contributed by atoms with van der Waals surface area (Å²) in [5.41, 5.74) is 56.7. The number of nitrogens with one attached hydrogen (secondary N) is 2. The average Bonchev–Trinajstić information content (AvgIpc) is 1.59. The van der Waals surface area contributed by atoms with Crippen molar-refractivity contribution in [3.05, 3.63) is 330 Å². The van der Waals surface area contributed by atoms with Gasteiger partial charge >= 0.3 is 0 Å². The molecule has 1 aliphatic heterocycles. The number of oxazole rings is 2. The molecule has 2 aliphatic rings. The van der Waals surface area contributed by atoms with Crippen molar-refractivity contribution in [3.8, 4) is 56.4 Å². The van der Waals surface area contributed by atoms with E-state index in [2.05, 4.69) is 94.3 Å². The number of para-hydroxylation sites is 2. The van der Waals surface area contributed by atoms with Gasteiger partial charge in [0.1, 0.15) is 82.4 Å². The number of likely N-dealkylation sites (tertiary alicyclic amines) is 1. The maximum absolute atomic E-state index is 13.9. The van der Waals surface area contributed by atoms with E-state index in [-0.39, 0.29) is 52.9 Å². The van der Waals surface area contributed by atoms with E-state index in [1.165, 1.54) is 25.3 Å². The molecular formula is C107H95N33O6. The average molecular weight is 1940 g/mol. The van der Waals surface area contributed by atoms with Crippen LogP contribution in [0.15, 0.2) is 266 Å². The molecule has 24 aromatic rings. The number of aromatic nitrogens is 26. The molecule has 1 saturated carbocycles. The molecule has 0 spiro atoms. The Balaban J connectivity index is 0.000000108. The maximum Gasteiger partial charge on any atom is 0.292 e. The van der Waals surface area contributed by atoms with Gasteiger partial charge in [-0.05, 0) is 209 Å². The van der Waals surface area contributed by atoms with Crippen molar-refractivity contribution < 1.29 is 8.83 Å². The van der Waals surface area contributed by atoms with E-state index < -0.39 is 0 Å². The quantitative estimate of drug-likeness (QED) is 0.0445. The lowest BCUT2D eigenvalue weighted by atomic mass is 9.91. The Kier molecular flexibility index (Phi) is 22.9. The van der Waals surface area contributed by atoms with Crippen LogP contribution in [0, 0.1) is 34.6 Å². The number of piperidine rings is 1. The molecule has 26 rings (SSSR count). The molecule has 0 unspecified atom stereocenters. The topological polar surface area (TPSA) is 531 Å². The number of hydrogen-bond acceptors (Lipinski definition) is 29. The van der Waals surface area contributed by atoms with E-state index in [0.29, 0.717) is 143 Å². The first-order chi connectivity index (χ1) is 71.0. The Morgan fingerprint density at radius 3 is 1.16 bits per heavy atom. The lowest BCUT2D eigenvalue weighted by Gasteiger charge is -2.32. The highest BCUT2D eigenvalue weighted by Crippen LogP contribution is 2.41. The summed E-state index contributed by atoms with van der Waals surface area (Å²) >= 11 is 0. The zero-order chi connectivity index (χ0) is 100. The minimum atomic E-state index is -0.0917. The minimum Gasteiger partial charge on any atom is -0.424 e. The van der Waals surface area contributed by atoms with Crippen LogP contribution in [0.25, 0.3) is 166 Å². The molecule has 146 heavy (non-hydrogen) atoms. The fourth-order valence-electron chi connectivity index (χ4n) is 20.4. The van der Waals surface area contributed by atoms with E-state index >= 15 is 0 Å². The molecule has 2 fully saturated rings. The largest absolute Gasteiger partial charge is 0.424 e.